The lowest BCUT2D eigenvalue weighted by Crippen LogP contribution is -2.29. The van der Waals surface area contributed by atoms with E-state index in [-0.39, 0.29) is 11.6 Å². The maximum Gasteiger partial charge on any atom is 0.319 e. The number of thioether (sulfide) groups is 1. The van der Waals surface area contributed by atoms with E-state index in [4.69, 9.17) is 34.8 Å². The van der Waals surface area contributed by atoms with Gasteiger partial charge in [0.25, 0.3) is 0 Å². The van der Waals surface area contributed by atoms with Crippen LogP contribution in [0.2, 0.25) is 15.1 Å². The molecule has 0 aliphatic rings. The highest BCUT2D eigenvalue weighted by atomic mass is 35.5. The number of aryl methyl sites for hydroxylation is 1. The van der Waals surface area contributed by atoms with Crippen molar-refractivity contribution in [2.75, 3.05) is 5.32 Å². The summed E-state index contributed by atoms with van der Waals surface area (Å²) in [7, 11) is 0. The van der Waals surface area contributed by atoms with Crippen molar-refractivity contribution in [2.24, 2.45) is 0 Å². The highest BCUT2D eigenvalue weighted by Gasteiger charge is 2.18. The molecule has 4 rings (SSSR count). The Morgan fingerprint density at radius 2 is 1.83 bits per heavy atom. The molecule has 35 heavy (non-hydrogen) atoms. The van der Waals surface area contributed by atoms with Gasteiger partial charge in [0.05, 0.1) is 22.3 Å². The van der Waals surface area contributed by atoms with Crippen LogP contribution in [-0.4, -0.2) is 20.8 Å². The van der Waals surface area contributed by atoms with Gasteiger partial charge in [-0.15, -0.1) is 10.2 Å². The fourth-order valence-electron chi connectivity index (χ4n) is 3.23. The Kier molecular flexibility index (Phi) is 8.18. The fraction of sp³-hybridized carbons (Fsp3) is 0.125. The lowest BCUT2D eigenvalue weighted by atomic mass is 10.1. The van der Waals surface area contributed by atoms with Gasteiger partial charge in [0.1, 0.15) is 5.82 Å². The lowest BCUT2D eigenvalue weighted by Gasteiger charge is -2.13. The second-order valence-electron chi connectivity index (χ2n) is 7.48. The number of hydrogen-bond acceptors (Lipinski definition) is 4. The van der Waals surface area contributed by atoms with Crippen molar-refractivity contribution in [3.63, 3.8) is 0 Å². The molecule has 0 aliphatic carbocycles. The number of carbonyl (C=O) groups excluding carboxylic acids is 1. The van der Waals surface area contributed by atoms with Gasteiger partial charge in [-0.3, -0.25) is 4.57 Å². The maximum atomic E-state index is 13.4. The minimum absolute atomic E-state index is 0.0432. The molecule has 0 radical (unpaired) electrons. The fourth-order valence-corrected chi connectivity index (χ4v) is 4.82. The average Bonchev–Trinajstić information content (AvgIpc) is 3.23. The van der Waals surface area contributed by atoms with Gasteiger partial charge in [-0.2, -0.15) is 0 Å². The summed E-state index contributed by atoms with van der Waals surface area (Å²) >= 11 is 20.0. The molecule has 1 heterocycles. The van der Waals surface area contributed by atoms with Crippen molar-refractivity contribution in [3.05, 3.63) is 98.5 Å². The monoisotopic (exact) mass is 549 g/mol. The molecule has 0 bridgehead atoms. The molecule has 2 N–H and O–H groups in total. The number of anilines is 1. The summed E-state index contributed by atoms with van der Waals surface area (Å²) in [6.45, 7) is 2.10. The topological polar surface area (TPSA) is 71.8 Å². The molecular formula is C24H19Cl3FN5OS. The van der Waals surface area contributed by atoms with Crippen LogP contribution in [0.15, 0.2) is 65.8 Å². The molecule has 0 atom stereocenters. The van der Waals surface area contributed by atoms with Crippen molar-refractivity contribution in [1.82, 2.24) is 20.1 Å². The van der Waals surface area contributed by atoms with Gasteiger partial charge in [-0.1, -0.05) is 70.8 Å². The summed E-state index contributed by atoms with van der Waals surface area (Å²) in [5.41, 5.74) is 3.29. The predicted molar refractivity (Wildman–Crippen MR) is 139 cm³/mol. The molecule has 0 fully saturated rings. The van der Waals surface area contributed by atoms with Gasteiger partial charge in [-0.05, 0) is 54.4 Å². The molecule has 11 heteroatoms. The Morgan fingerprint density at radius 1 is 1.03 bits per heavy atom. The number of aromatic nitrogens is 3. The largest absolute Gasteiger partial charge is 0.331 e. The number of nitrogens with one attached hydrogen (secondary N) is 2. The average molecular weight is 551 g/mol. The summed E-state index contributed by atoms with van der Waals surface area (Å²) in [5, 5.41) is 15.4. The zero-order chi connectivity index (χ0) is 24.9. The number of benzene rings is 3. The van der Waals surface area contributed by atoms with Gasteiger partial charge in [0.2, 0.25) is 0 Å². The van der Waals surface area contributed by atoms with E-state index in [1.165, 1.54) is 41.1 Å². The molecule has 1 aromatic heterocycles. The number of hydrogen-bond donors (Lipinski definition) is 2. The first-order valence-electron chi connectivity index (χ1n) is 10.4. The Bertz CT molecular complexity index is 1380. The minimum atomic E-state index is -0.570. The number of rotatable bonds is 7. The van der Waals surface area contributed by atoms with Crippen molar-refractivity contribution in [3.8, 4) is 5.69 Å². The Labute approximate surface area is 220 Å². The third-order valence-corrected chi connectivity index (χ3v) is 6.87. The van der Waals surface area contributed by atoms with Gasteiger partial charge >= 0.3 is 6.03 Å². The van der Waals surface area contributed by atoms with Gasteiger partial charge in [0, 0.05) is 16.5 Å². The molecule has 0 saturated carbocycles. The van der Waals surface area contributed by atoms with Crippen molar-refractivity contribution >= 4 is 58.3 Å². The van der Waals surface area contributed by atoms with E-state index in [0.29, 0.717) is 38.2 Å². The van der Waals surface area contributed by atoms with E-state index < -0.39 is 11.8 Å². The number of amides is 2. The van der Waals surface area contributed by atoms with E-state index in [1.54, 1.807) is 22.8 Å². The minimum Gasteiger partial charge on any atom is -0.331 e. The summed E-state index contributed by atoms with van der Waals surface area (Å²) in [5.74, 6) is 0.552. The quantitative estimate of drug-likeness (QED) is 0.237. The first-order valence-corrected chi connectivity index (χ1v) is 12.5. The van der Waals surface area contributed by atoms with Crippen LogP contribution >= 0.6 is 46.6 Å². The third kappa shape index (κ3) is 6.27. The molecule has 0 saturated heterocycles. The summed E-state index contributed by atoms with van der Waals surface area (Å²) in [6, 6.07) is 16.6. The number of halogens is 4. The second-order valence-corrected chi connectivity index (χ2v) is 9.68. The van der Waals surface area contributed by atoms with Gasteiger partial charge in [-0.25, -0.2) is 9.18 Å². The van der Waals surface area contributed by atoms with E-state index >= 15 is 0 Å². The molecule has 0 spiro atoms. The molecule has 4 aromatic rings. The van der Waals surface area contributed by atoms with Crippen LogP contribution in [0.3, 0.4) is 0 Å². The Balaban J connectivity index is 1.56. The van der Waals surface area contributed by atoms with Crippen molar-refractivity contribution in [2.45, 2.75) is 24.4 Å². The van der Waals surface area contributed by atoms with Crippen LogP contribution in [0.5, 0.6) is 0 Å². The Hall–Kier alpha value is -2.78. The molecule has 0 unspecified atom stereocenters. The molecule has 0 aliphatic heterocycles. The molecule has 6 nitrogen and oxygen atoms in total. The molecular weight excluding hydrogens is 532 g/mol. The second kappa shape index (κ2) is 11.3. The molecule has 3 aromatic carbocycles. The smallest absolute Gasteiger partial charge is 0.319 e. The first-order chi connectivity index (χ1) is 16.8. The lowest BCUT2D eigenvalue weighted by molar-refractivity contribution is 0.251. The van der Waals surface area contributed by atoms with Crippen molar-refractivity contribution in [1.29, 1.82) is 0 Å². The number of nitrogens with zero attached hydrogens (tertiary/aromatic N) is 3. The Morgan fingerprint density at radius 3 is 2.60 bits per heavy atom. The van der Waals surface area contributed by atoms with E-state index in [0.717, 1.165) is 0 Å². The number of carbonyl (C=O) groups is 1. The van der Waals surface area contributed by atoms with Gasteiger partial charge < -0.3 is 10.6 Å². The normalized spacial score (nSPS) is 10.9. The van der Waals surface area contributed by atoms with Crippen LogP contribution in [0.1, 0.15) is 17.0 Å². The zero-order valence-corrected chi connectivity index (χ0v) is 21.4. The SMILES string of the molecule is Cc1ccccc1CSc1nnc(CNC(=O)Nc2ccc(F)c(Cl)c2)n1-c1cc(Cl)ccc1Cl. The van der Waals surface area contributed by atoms with E-state index in [2.05, 4.69) is 39.9 Å². The highest BCUT2D eigenvalue weighted by Crippen LogP contribution is 2.31. The van der Waals surface area contributed by atoms with Crippen LogP contribution in [0.25, 0.3) is 5.69 Å². The standard InChI is InChI=1S/C24H19Cl3FN5OS/c1-14-4-2-3-5-15(14)13-35-24-32-31-22(33(24)21-10-16(25)6-8-18(21)26)12-29-23(34)30-17-7-9-20(28)19(27)11-17/h2-11H,12-13H2,1H3,(H2,29,30,34). The van der Waals surface area contributed by atoms with Crippen LogP contribution < -0.4 is 10.6 Å². The third-order valence-electron chi connectivity index (χ3n) is 5.05. The molecule has 180 valence electrons. The predicted octanol–water partition coefficient (Wildman–Crippen LogP) is 7.29. The van der Waals surface area contributed by atoms with Gasteiger partial charge in [0.15, 0.2) is 11.0 Å². The summed E-state index contributed by atoms with van der Waals surface area (Å²) in [6.07, 6.45) is 0. The number of urea groups is 1. The maximum absolute atomic E-state index is 13.4. The summed E-state index contributed by atoms with van der Waals surface area (Å²) in [4.78, 5) is 12.4. The summed E-state index contributed by atoms with van der Waals surface area (Å²) < 4.78 is 15.1. The van der Waals surface area contributed by atoms with Crippen LogP contribution in [0, 0.1) is 12.7 Å². The van der Waals surface area contributed by atoms with Crippen LogP contribution in [0.4, 0.5) is 14.9 Å². The van der Waals surface area contributed by atoms with Crippen LogP contribution in [-0.2, 0) is 12.3 Å². The van der Waals surface area contributed by atoms with E-state index in [1.807, 2.05) is 12.1 Å². The highest BCUT2D eigenvalue weighted by molar-refractivity contribution is 7.98. The molecule has 2 amide bonds. The first kappa shape index (κ1) is 25.3. The zero-order valence-electron chi connectivity index (χ0n) is 18.4. The van der Waals surface area contributed by atoms with Crippen molar-refractivity contribution < 1.29 is 9.18 Å². The van der Waals surface area contributed by atoms with E-state index in [9.17, 15) is 9.18 Å².